The van der Waals surface area contributed by atoms with Crippen molar-refractivity contribution in [1.29, 1.82) is 0 Å². The van der Waals surface area contributed by atoms with Crippen LogP contribution in [0.15, 0.2) is 36.7 Å². The first-order valence-corrected chi connectivity index (χ1v) is 8.70. The molecule has 0 bridgehead atoms. The summed E-state index contributed by atoms with van der Waals surface area (Å²) >= 11 is 1.57. The van der Waals surface area contributed by atoms with Crippen LogP contribution in [-0.2, 0) is 17.6 Å². The van der Waals surface area contributed by atoms with Gasteiger partial charge in [0.15, 0.2) is 11.2 Å². The van der Waals surface area contributed by atoms with E-state index >= 15 is 0 Å². The van der Waals surface area contributed by atoms with Gasteiger partial charge in [-0.2, -0.15) is 0 Å². The van der Waals surface area contributed by atoms with Crippen molar-refractivity contribution in [2.24, 2.45) is 0 Å². The minimum Gasteiger partial charge on any atom is -0.300 e. The Balaban J connectivity index is 1.61. The summed E-state index contributed by atoms with van der Waals surface area (Å²) in [4.78, 5) is 18.7. The molecule has 0 fully saturated rings. The second-order valence-electron chi connectivity index (χ2n) is 5.69. The number of benzene rings is 1. The highest BCUT2D eigenvalue weighted by Gasteiger charge is 2.25. The zero-order valence-electron chi connectivity index (χ0n) is 12.9. The molecule has 3 aromatic rings. The number of aryl methyl sites for hydroxylation is 2. The average molecular weight is 340 g/mol. The minimum absolute atomic E-state index is 0.195. The zero-order chi connectivity index (χ0) is 16.4. The number of hydrogen-bond acceptors (Lipinski definition) is 6. The van der Waals surface area contributed by atoms with Gasteiger partial charge in [-0.3, -0.25) is 10.1 Å². The lowest BCUT2D eigenvalue weighted by Gasteiger charge is -2.15. The lowest BCUT2D eigenvalue weighted by atomic mass is 10.0. The van der Waals surface area contributed by atoms with Gasteiger partial charge in [0.05, 0.1) is 5.69 Å². The summed E-state index contributed by atoms with van der Waals surface area (Å²) in [6, 6.07) is 8.84. The van der Waals surface area contributed by atoms with Gasteiger partial charge in [-0.25, -0.2) is 9.67 Å². The van der Waals surface area contributed by atoms with E-state index in [1.165, 1.54) is 28.7 Å². The largest absolute Gasteiger partial charge is 0.300 e. The maximum absolute atomic E-state index is 12.9. The Morgan fingerprint density at radius 1 is 1.21 bits per heavy atom. The molecule has 7 nitrogen and oxygen atoms in total. The highest BCUT2D eigenvalue weighted by molar-refractivity contribution is 7.15. The number of hydrogen-bond donors (Lipinski definition) is 1. The Kier molecular flexibility index (Phi) is 4.04. The maximum Gasteiger partial charge on any atom is 0.255 e. The van der Waals surface area contributed by atoms with Crippen LogP contribution < -0.4 is 5.32 Å². The van der Waals surface area contributed by atoms with E-state index in [4.69, 9.17) is 0 Å². The molecule has 1 aromatic carbocycles. The molecule has 1 amide bonds. The van der Waals surface area contributed by atoms with Crippen LogP contribution in [0, 0.1) is 0 Å². The molecular formula is C16H16N6OS. The van der Waals surface area contributed by atoms with Crippen molar-refractivity contribution in [3.8, 4) is 0 Å². The van der Waals surface area contributed by atoms with E-state index in [2.05, 4.69) is 25.8 Å². The number of thiazole rings is 1. The maximum atomic E-state index is 12.9. The quantitative estimate of drug-likeness (QED) is 0.787. The minimum atomic E-state index is -0.623. The molecular weight excluding hydrogens is 324 g/mol. The van der Waals surface area contributed by atoms with Crippen LogP contribution in [0.5, 0.6) is 0 Å². The van der Waals surface area contributed by atoms with Crippen molar-refractivity contribution in [3.63, 3.8) is 0 Å². The normalized spacial score (nSPS) is 14.8. The molecule has 2 aromatic heterocycles. The van der Waals surface area contributed by atoms with E-state index in [9.17, 15) is 4.79 Å². The van der Waals surface area contributed by atoms with Crippen LogP contribution >= 0.6 is 11.3 Å². The van der Waals surface area contributed by atoms with Crippen molar-refractivity contribution < 1.29 is 4.79 Å². The highest BCUT2D eigenvalue weighted by atomic mass is 32.1. The monoisotopic (exact) mass is 340 g/mol. The molecule has 0 aliphatic heterocycles. The lowest BCUT2D eigenvalue weighted by molar-refractivity contribution is -0.118. The molecule has 122 valence electrons. The van der Waals surface area contributed by atoms with Gasteiger partial charge in [0.25, 0.3) is 5.91 Å². The Labute approximate surface area is 142 Å². The third-order valence-corrected chi connectivity index (χ3v) is 5.14. The predicted molar refractivity (Wildman–Crippen MR) is 89.8 cm³/mol. The van der Waals surface area contributed by atoms with Gasteiger partial charge in [-0.05, 0) is 41.7 Å². The second kappa shape index (κ2) is 6.48. The van der Waals surface area contributed by atoms with E-state index in [0.29, 0.717) is 5.13 Å². The van der Waals surface area contributed by atoms with Gasteiger partial charge in [0.2, 0.25) is 0 Å². The van der Waals surface area contributed by atoms with Crippen LogP contribution in [0.3, 0.4) is 0 Å². The summed E-state index contributed by atoms with van der Waals surface area (Å²) in [5.41, 5.74) is 1.95. The van der Waals surface area contributed by atoms with Crippen molar-refractivity contribution in [2.45, 2.75) is 31.7 Å². The molecule has 1 aliphatic rings. The molecule has 24 heavy (non-hydrogen) atoms. The zero-order valence-corrected chi connectivity index (χ0v) is 13.7. The first-order chi connectivity index (χ1) is 11.8. The van der Waals surface area contributed by atoms with Crippen LogP contribution in [0.4, 0.5) is 5.13 Å². The number of tetrazole rings is 1. The van der Waals surface area contributed by atoms with Gasteiger partial charge in [0.1, 0.15) is 6.33 Å². The van der Waals surface area contributed by atoms with E-state index in [1.807, 2.05) is 30.3 Å². The second-order valence-corrected chi connectivity index (χ2v) is 6.77. The summed E-state index contributed by atoms with van der Waals surface area (Å²) in [5.74, 6) is -0.195. The third kappa shape index (κ3) is 2.92. The van der Waals surface area contributed by atoms with E-state index in [-0.39, 0.29) is 5.91 Å². The number of carbonyl (C=O) groups is 1. The summed E-state index contributed by atoms with van der Waals surface area (Å²) in [6.07, 6.45) is 5.86. The summed E-state index contributed by atoms with van der Waals surface area (Å²) in [5, 5.41) is 14.8. The fourth-order valence-corrected chi connectivity index (χ4v) is 3.98. The summed E-state index contributed by atoms with van der Waals surface area (Å²) < 4.78 is 1.46. The predicted octanol–water partition coefficient (Wildman–Crippen LogP) is 2.24. The van der Waals surface area contributed by atoms with Gasteiger partial charge < -0.3 is 0 Å². The Morgan fingerprint density at radius 2 is 2.04 bits per heavy atom. The smallest absolute Gasteiger partial charge is 0.255 e. The van der Waals surface area contributed by atoms with Crippen LogP contribution in [-0.4, -0.2) is 31.1 Å². The average Bonchev–Trinajstić information content (AvgIpc) is 3.25. The SMILES string of the molecule is O=C(Nc1nc2c(s1)CCCC2)[C@@H](c1ccccc1)n1cnnn1. The molecule has 8 heteroatoms. The molecule has 1 atom stereocenters. The molecule has 0 saturated heterocycles. The van der Waals surface area contributed by atoms with Crippen molar-refractivity contribution in [1.82, 2.24) is 25.2 Å². The van der Waals surface area contributed by atoms with E-state index < -0.39 is 6.04 Å². The van der Waals surface area contributed by atoms with Gasteiger partial charge in [-0.1, -0.05) is 30.3 Å². The first kappa shape index (κ1) is 14.9. The van der Waals surface area contributed by atoms with Crippen LogP contribution in [0.1, 0.15) is 35.0 Å². The molecule has 4 rings (SSSR count). The number of nitrogens with one attached hydrogen (secondary N) is 1. The van der Waals surface area contributed by atoms with Gasteiger partial charge in [-0.15, -0.1) is 16.4 Å². The van der Waals surface area contributed by atoms with Crippen molar-refractivity contribution in [3.05, 3.63) is 52.8 Å². The molecule has 0 radical (unpaired) electrons. The number of amides is 1. The van der Waals surface area contributed by atoms with E-state index in [0.717, 1.165) is 24.1 Å². The molecule has 1 N–H and O–H groups in total. The molecule has 0 unspecified atom stereocenters. The standard InChI is InChI=1S/C16H16N6OS/c23-15(19-16-18-12-8-4-5-9-13(12)24-16)14(22-10-17-20-21-22)11-6-2-1-3-7-11/h1-3,6-7,10,14H,4-5,8-9H2,(H,18,19,23)/t14-/m1/s1. The Bertz CT molecular complexity index is 806. The van der Waals surface area contributed by atoms with Crippen molar-refractivity contribution in [2.75, 3.05) is 5.32 Å². The molecule has 0 spiro atoms. The number of carbonyl (C=O) groups excluding carboxylic acids is 1. The number of aromatic nitrogens is 5. The van der Waals surface area contributed by atoms with Crippen molar-refractivity contribution >= 4 is 22.4 Å². The number of fused-ring (bicyclic) bond motifs is 1. The molecule has 2 heterocycles. The number of nitrogens with zero attached hydrogens (tertiary/aromatic N) is 5. The van der Waals surface area contributed by atoms with Crippen LogP contribution in [0.2, 0.25) is 0 Å². The fraction of sp³-hybridized carbons (Fsp3) is 0.312. The van der Waals surface area contributed by atoms with Gasteiger partial charge >= 0.3 is 0 Å². The summed E-state index contributed by atoms with van der Waals surface area (Å²) in [6.45, 7) is 0. The first-order valence-electron chi connectivity index (χ1n) is 7.88. The van der Waals surface area contributed by atoms with E-state index in [1.54, 1.807) is 11.3 Å². The molecule has 1 aliphatic carbocycles. The number of anilines is 1. The number of rotatable bonds is 4. The topological polar surface area (TPSA) is 85.6 Å². The fourth-order valence-electron chi connectivity index (χ4n) is 2.93. The Morgan fingerprint density at radius 3 is 2.79 bits per heavy atom. The highest BCUT2D eigenvalue weighted by Crippen LogP contribution is 2.30. The molecule has 0 saturated carbocycles. The Hall–Kier alpha value is -2.61. The lowest BCUT2D eigenvalue weighted by Crippen LogP contribution is -2.27. The van der Waals surface area contributed by atoms with Crippen LogP contribution in [0.25, 0.3) is 0 Å². The van der Waals surface area contributed by atoms with Gasteiger partial charge in [0, 0.05) is 4.88 Å². The summed E-state index contributed by atoms with van der Waals surface area (Å²) in [7, 11) is 0. The third-order valence-electron chi connectivity index (χ3n) is 4.07.